The van der Waals surface area contributed by atoms with E-state index in [1.54, 1.807) is 7.11 Å². The molecule has 2 heterocycles. The Morgan fingerprint density at radius 1 is 1.42 bits per heavy atom. The number of likely N-dealkylation sites (tertiary alicyclic amines) is 1. The molecule has 2 aliphatic rings. The highest BCUT2D eigenvalue weighted by Gasteiger charge is 2.34. The van der Waals surface area contributed by atoms with Crippen molar-refractivity contribution < 1.29 is 4.74 Å². The molecule has 1 aromatic rings. The zero-order chi connectivity index (χ0) is 13.2. The number of nitrogens with zero attached hydrogens (tertiary/aromatic N) is 1. The van der Waals surface area contributed by atoms with Gasteiger partial charge in [-0.2, -0.15) is 0 Å². The van der Waals surface area contributed by atoms with Crippen LogP contribution in [0.2, 0.25) is 5.02 Å². The number of rotatable bonds is 3. The van der Waals surface area contributed by atoms with E-state index in [2.05, 4.69) is 10.2 Å². The summed E-state index contributed by atoms with van der Waals surface area (Å²) in [5.74, 6) is 1.71. The lowest BCUT2D eigenvalue weighted by Crippen LogP contribution is -2.40. The average Bonchev–Trinajstić information content (AvgIpc) is 2.83. The van der Waals surface area contributed by atoms with Crippen LogP contribution >= 0.6 is 11.6 Å². The van der Waals surface area contributed by atoms with Gasteiger partial charge in [0.2, 0.25) is 0 Å². The van der Waals surface area contributed by atoms with Crippen LogP contribution in [0.3, 0.4) is 0 Å². The Hall–Kier alpha value is -0.770. The molecule has 2 saturated heterocycles. The minimum Gasteiger partial charge on any atom is -0.496 e. The summed E-state index contributed by atoms with van der Waals surface area (Å²) in [5.41, 5.74) is 1.12. The van der Waals surface area contributed by atoms with Gasteiger partial charge >= 0.3 is 0 Å². The molecule has 104 valence electrons. The molecule has 0 bridgehead atoms. The molecule has 2 aliphatic heterocycles. The van der Waals surface area contributed by atoms with Crippen LogP contribution in [0.4, 0.5) is 0 Å². The minimum atomic E-state index is 0.669. The van der Waals surface area contributed by atoms with Crippen molar-refractivity contribution in [3.8, 4) is 5.75 Å². The van der Waals surface area contributed by atoms with Crippen molar-refractivity contribution in [1.29, 1.82) is 0 Å². The van der Waals surface area contributed by atoms with Crippen molar-refractivity contribution >= 4 is 11.6 Å². The van der Waals surface area contributed by atoms with E-state index in [0.29, 0.717) is 6.04 Å². The molecule has 0 spiro atoms. The van der Waals surface area contributed by atoms with Gasteiger partial charge in [0, 0.05) is 36.3 Å². The molecular weight excluding hydrogens is 260 g/mol. The van der Waals surface area contributed by atoms with Gasteiger partial charge in [-0.1, -0.05) is 17.7 Å². The number of ether oxygens (including phenoxy) is 1. The van der Waals surface area contributed by atoms with Crippen LogP contribution in [-0.4, -0.2) is 37.7 Å². The quantitative estimate of drug-likeness (QED) is 0.921. The molecule has 3 rings (SSSR count). The van der Waals surface area contributed by atoms with E-state index < -0.39 is 0 Å². The lowest BCUT2D eigenvalue weighted by atomic mass is 9.94. The highest BCUT2D eigenvalue weighted by atomic mass is 35.5. The van der Waals surface area contributed by atoms with Crippen molar-refractivity contribution in [3.63, 3.8) is 0 Å². The number of halogens is 1. The number of nitrogens with one attached hydrogen (secondary N) is 1. The summed E-state index contributed by atoms with van der Waals surface area (Å²) in [6.07, 6.45) is 2.66. The molecule has 3 nitrogen and oxygen atoms in total. The monoisotopic (exact) mass is 280 g/mol. The summed E-state index contributed by atoms with van der Waals surface area (Å²) >= 11 is 6.32. The number of fused-ring (bicyclic) bond motifs is 1. The molecule has 2 unspecified atom stereocenters. The molecule has 0 radical (unpaired) electrons. The maximum absolute atomic E-state index is 6.32. The second-order valence-corrected chi connectivity index (χ2v) is 5.98. The van der Waals surface area contributed by atoms with Gasteiger partial charge in [-0.25, -0.2) is 0 Å². The molecule has 2 fully saturated rings. The third kappa shape index (κ3) is 2.73. The van der Waals surface area contributed by atoms with E-state index in [-0.39, 0.29) is 0 Å². The average molecular weight is 281 g/mol. The largest absolute Gasteiger partial charge is 0.496 e. The predicted molar refractivity (Wildman–Crippen MR) is 77.8 cm³/mol. The summed E-state index contributed by atoms with van der Waals surface area (Å²) in [6, 6.07) is 6.54. The topological polar surface area (TPSA) is 24.5 Å². The van der Waals surface area contributed by atoms with E-state index in [1.807, 2.05) is 18.2 Å². The standard InChI is InChI=1S/C15H21ClN2O/c1-19-15-6-2-5-13(16)12(15)9-18-8-11-4-3-7-17-14(11)10-18/h2,5-6,11,14,17H,3-4,7-10H2,1H3. The van der Waals surface area contributed by atoms with Gasteiger partial charge in [0.15, 0.2) is 0 Å². The van der Waals surface area contributed by atoms with Gasteiger partial charge in [-0.05, 0) is 37.4 Å². The van der Waals surface area contributed by atoms with Crippen molar-refractivity contribution in [2.24, 2.45) is 5.92 Å². The third-order valence-electron chi connectivity index (χ3n) is 4.35. The van der Waals surface area contributed by atoms with Gasteiger partial charge in [0.1, 0.15) is 5.75 Å². The molecule has 0 aliphatic carbocycles. The first-order valence-electron chi connectivity index (χ1n) is 7.05. The number of hydrogen-bond donors (Lipinski definition) is 1. The lowest BCUT2D eigenvalue weighted by molar-refractivity contribution is 0.305. The van der Waals surface area contributed by atoms with Gasteiger partial charge in [0.05, 0.1) is 7.11 Å². The summed E-state index contributed by atoms with van der Waals surface area (Å²) < 4.78 is 5.43. The zero-order valence-electron chi connectivity index (χ0n) is 11.4. The van der Waals surface area contributed by atoms with Crippen molar-refractivity contribution in [3.05, 3.63) is 28.8 Å². The molecule has 1 aromatic carbocycles. The minimum absolute atomic E-state index is 0.669. The molecule has 4 heteroatoms. The summed E-state index contributed by atoms with van der Waals surface area (Å²) in [7, 11) is 1.71. The maximum atomic E-state index is 6.32. The number of piperidine rings is 1. The first kappa shape index (κ1) is 13.2. The van der Waals surface area contributed by atoms with Crippen molar-refractivity contribution in [2.45, 2.75) is 25.4 Å². The molecule has 0 saturated carbocycles. The van der Waals surface area contributed by atoms with Crippen LogP contribution in [0, 0.1) is 5.92 Å². The van der Waals surface area contributed by atoms with Gasteiger partial charge in [-0.15, -0.1) is 0 Å². The summed E-state index contributed by atoms with van der Waals surface area (Å²) in [6.45, 7) is 4.35. The van der Waals surface area contributed by atoms with Gasteiger partial charge < -0.3 is 10.1 Å². The van der Waals surface area contributed by atoms with Gasteiger partial charge in [-0.3, -0.25) is 4.90 Å². The van der Waals surface area contributed by atoms with Crippen molar-refractivity contribution in [1.82, 2.24) is 10.2 Å². The van der Waals surface area contributed by atoms with Crippen LogP contribution < -0.4 is 10.1 Å². The van der Waals surface area contributed by atoms with Crippen molar-refractivity contribution in [2.75, 3.05) is 26.7 Å². The van der Waals surface area contributed by atoms with E-state index >= 15 is 0 Å². The Labute approximate surface area is 119 Å². The Balaban J connectivity index is 1.72. The van der Waals surface area contributed by atoms with Crippen LogP contribution in [0.15, 0.2) is 18.2 Å². The maximum Gasteiger partial charge on any atom is 0.124 e. The summed E-state index contributed by atoms with van der Waals surface area (Å²) in [4.78, 5) is 2.50. The zero-order valence-corrected chi connectivity index (χ0v) is 12.1. The number of benzene rings is 1. The first-order valence-corrected chi connectivity index (χ1v) is 7.43. The fourth-order valence-corrected chi connectivity index (χ4v) is 3.60. The molecule has 0 aromatic heterocycles. The highest BCUT2D eigenvalue weighted by Crippen LogP contribution is 2.31. The van der Waals surface area contributed by atoms with E-state index in [4.69, 9.17) is 16.3 Å². The number of hydrogen-bond acceptors (Lipinski definition) is 3. The molecule has 2 atom stereocenters. The Morgan fingerprint density at radius 3 is 3.11 bits per heavy atom. The second-order valence-electron chi connectivity index (χ2n) is 5.58. The second kappa shape index (κ2) is 5.70. The Morgan fingerprint density at radius 2 is 2.32 bits per heavy atom. The lowest BCUT2D eigenvalue weighted by Gasteiger charge is -2.24. The molecule has 0 amide bonds. The van der Waals surface area contributed by atoms with Crippen LogP contribution in [0.5, 0.6) is 5.75 Å². The molecule has 1 N–H and O–H groups in total. The third-order valence-corrected chi connectivity index (χ3v) is 4.71. The smallest absolute Gasteiger partial charge is 0.124 e. The Kier molecular flexibility index (Phi) is 3.96. The molecular formula is C15H21ClN2O. The fraction of sp³-hybridized carbons (Fsp3) is 0.600. The molecule has 19 heavy (non-hydrogen) atoms. The van der Waals surface area contributed by atoms with Gasteiger partial charge in [0.25, 0.3) is 0 Å². The van der Waals surface area contributed by atoms with E-state index in [9.17, 15) is 0 Å². The predicted octanol–water partition coefficient (Wildman–Crippen LogP) is 2.53. The fourth-order valence-electron chi connectivity index (χ4n) is 3.37. The summed E-state index contributed by atoms with van der Waals surface area (Å²) in [5, 5.41) is 4.44. The first-order chi connectivity index (χ1) is 9.28. The van der Waals surface area contributed by atoms with Crippen LogP contribution in [0.1, 0.15) is 18.4 Å². The SMILES string of the molecule is COc1cccc(Cl)c1CN1CC2CCCNC2C1. The number of methoxy groups -OCH3 is 1. The normalized spacial score (nSPS) is 27.3. The van der Waals surface area contributed by atoms with E-state index in [0.717, 1.165) is 35.3 Å². The van der Waals surface area contributed by atoms with Crippen LogP contribution in [0.25, 0.3) is 0 Å². The van der Waals surface area contributed by atoms with Crippen LogP contribution in [-0.2, 0) is 6.54 Å². The highest BCUT2D eigenvalue weighted by molar-refractivity contribution is 6.31. The van der Waals surface area contributed by atoms with E-state index in [1.165, 1.54) is 25.9 Å². The Bertz CT molecular complexity index is 438.